The number of rotatable bonds is 1. The zero-order valence-electron chi connectivity index (χ0n) is 9.64. The fourth-order valence-corrected chi connectivity index (χ4v) is 1.67. The van der Waals surface area contributed by atoms with E-state index in [0.29, 0.717) is 0 Å². The molecule has 15 heavy (non-hydrogen) atoms. The predicted octanol–water partition coefficient (Wildman–Crippen LogP) is 0.341. The summed E-state index contributed by atoms with van der Waals surface area (Å²) in [5.41, 5.74) is 8.68. The average molecular weight is 225 g/mol. The molecule has 0 spiro atoms. The van der Waals surface area contributed by atoms with E-state index in [1.54, 1.807) is 0 Å². The second-order valence-corrected chi connectivity index (χ2v) is 3.62. The van der Waals surface area contributed by atoms with Gasteiger partial charge in [-0.05, 0) is 29.3 Å². The van der Waals surface area contributed by atoms with Gasteiger partial charge in [0.2, 0.25) is 0 Å². The van der Waals surface area contributed by atoms with E-state index in [1.165, 1.54) is 0 Å². The second-order valence-electron chi connectivity index (χ2n) is 3.14. The third-order valence-corrected chi connectivity index (χ3v) is 2.52. The number of nitrogens with two attached hydrogens (primary N) is 1. The molecule has 2 aromatic rings. The minimum Gasteiger partial charge on any atom is -1.00 e. The van der Waals surface area contributed by atoms with Crippen molar-refractivity contribution in [2.24, 2.45) is 0 Å². The van der Waals surface area contributed by atoms with Crippen LogP contribution in [0.2, 0.25) is 0 Å². The summed E-state index contributed by atoms with van der Waals surface area (Å²) in [4.78, 5) is 0.984. The van der Waals surface area contributed by atoms with Gasteiger partial charge in [0.15, 0.2) is 0 Å². The smallest absolute Gasteiger partial charge is 1.00 e. The molecule has 0 aliphatic heterocycles. The monoisotopic (exact) mass is 225 g/mol. The number of benzene rings is 2. The van der Waals surface area contributed by atoms with Crippen molar-refractivity contribution in [1.82, 2.24) is 0 Å². The van der Waals surface area contributed by atoms with Crippen molar-refractivity contribution in [2.75, 3.05) is 5.73 Å². The summed E-state index contributed by atoms with van der Waals surface area (Å²) in [7, 11) is 0. The van der Waals surface area contributed by atoms with Gasteiger partial charge in [0.05, 0.1) is 0 Å². The molecule has 0 amide bonds. The molecular weight excluding hydrogens is 213 g/mol. The summed E-state index contributed by atoms with van der Waals surface area (Å²) in [6.07, 6.45) is 0. The first-order valence-electron chi connectivity index (χ1n) is 4.41. The molecule has 3 heteroatoms. The summed E-state index contributed by atoms with van der Waals surface area (Å²) in [6.45, 7) is 0. The minimum absolute atomic E-state index is 0. The molecule has 1 nitrogen and oxygen atoms in total. The molecular formula is C12H12NNaS. The van der Waals surface area contributed by atoms with Crippen LogP contribution in [-0.2, 0) is 0 Å². The topological polar surface area (TPSA) is 26.0 Å². The normalized spacial score (nSPS) is 9.40. The van der Waals surface area contributed by atoms with E-state index in [-0.39, 0.29) is 31.0 Å². The number of nitrogen functional groups attached to an aromatic ring is 1. The molecule has 0 bridgehead atoms. The molecule has 2 aromatic carbocycles. The fraction of sp³-hybridized carbons (Fsp3) is 0. The molecule has 0 aliphatic carbocycles. The number of anilines is 1. The van der Waals surface area contributed by atoms with Crippen molar-refractivity contribution in [3.63, 3.8) is 0 Å². The van der Waals surface area contributed by atoms with E-state index in [2.05, 4.69) is 12.6 Å². The average Bonchev–Trinajstić information content (AvgIpc) is 2.20. The maximum absolute atomic E-state index is 5.62. The van der Waals surface area contributed by atoms with E-state index in [9.17, 15) is 0 Å². The first kappa shape index (κ1) is 12.7. The zero-order chi connectivity index (χ0) is 9.97. The summed E-state index contributed by atoms with van der Waals surface area (Å²) in [5.74, 6) is 0. The molecule has 72 valence electrons. The molecule has 0 heterocycles. The molecule has 0 fully saturated rings. The first-order chi connectivity index (χ1) is 6.77. The third kappa shape index (κ3) is 3.02. The second kappa shape index (κ2) is 5.61. The van der Waals surface area contributed by atoms with Crippen molar-refractivity contribution in [1.29, 1.82) is 0 Å². The Hall–Kier alpha value is -0.410. The quantitative estimate of drug-likeness (QED) is 0.408. The fourth-order valence-electron chi connectivity index (χ4n) is 1.38. The SMILES string of the molecule is Nc1ccc(-c2ccccc2S)cc1.[H-].[Na+]. The van der Waals surface area contributed by atoms with Crippen molar-refractivity contribution in [3.8, 4) is 11.1 Å². The number of hydrogen-bond donors (Lipinski definition) is 2. The number of thiol groups is 1. The van der Waals surface area contributed by atoms with Crippen molar-refractivity contribution >= 4 is 18.3 Å². The van der Waals surface area contributed by atoms with Crippen molar-refractivity contribution < 1.29 is 31.0 Å². The Labute approximate surface area is 119 Å². The molecule has 2 rings (SSSR count). The van der Waals surface area contributed by atoms with Crippen LogP contribution in [0.15, 0.2) is 53.4 Å². The summed E-state index contributed by atoms with van der Waals surface area (Å²) >= 11 is 4.40. The van der Waals surface area contributed by atoms with E-state index in [0.717, 1.165) is 21.7 Å². The molecule has 0 unspecified atom stereocenters. The third-order valence-electron chi connectivity index (χ3n) is 2.13. The van der Waals surface area contributed by atoms with Crippen LogP contribution in [0.5, 0.6) is 0 Å². The van der Waals surface area contributed by atoms with Gasteiger partial charge in [-0.15, -0.1) is 12.6 Å². The van der Waals surface area contributed by atoms with Crippen LogP contribution in [0.3, 0.4) is 0 Å². The van der Waals surface area contributed by atoms with Crippen LogP contribution in [-0.4, -0.2) is 0 Å². The Balaban J connectivity index is 0.00000112. The molecule has 0 atom stereocenters. The standard InChI is InChI=1S/C12H11NS.Na.H/c13-10-7-5-9(6-8-10)11-3-1-2-4-12(11)14;;/h1-8,14H,13H2;;/q;+1;-1. The first-order valence-corrected chi connectivity index (χ1v) is 4.86. The van der Waals surface area contributed by atoms with Gasteiger partial charge in [-0.1, -0.05) is 30.3 Å². The molecule has 0 saturated carbocycles. The van der Waals surface area contributed by atoms with Gasteiger partial charge in [-0.25, -0.2) is 0 Å². The summed E-state index contributed by atoms with van der Waals surface area (Å²) in [5, 5.41) is 0. The molecule has 0 saturated heterocycles. The molecule has 2 N–H and O–H groups in total. The van der Waals surface area contributed by atoms with Gasteiger partial charge in [-0.2, -0.15) is 0 Å². The minimum atomic E-state index is 0. The van der Waals surface area contributed by atoms with Crippen LogP contribution in [0.25, 0.3) is 11.1 Å². The van der Waals surface area contributed by atoms with Crippen LogP contribution < -0.4 is 35.3 Å². The molecule has 0 radical (unpaired) electrons. The van der Waals surface area contributed by atoms with Crippen molar-refractivity contribution in [2.45, 2.75) is 4.90 Å². The Morgan fingerprint density at radius 1 is 0.933 bits per heavy atom. The Morgan fingerprint density at radius 3 is 2.13 bits per heavy atom. The van der Waals surface area contributed by atoms with Gasteiger partial charge in [-0.3, -0.25) is 0 Å². The van der Waals surface area contributed by atoms with Gasteiger partial charge in [0.1, 0.15) is 0 Å². The van der Waals surface area contributed by atoms with Crippen molar-refractivity contribution in [3.05, 3.63) is 48.5 Å². The van der Waals surface area contributed by atoms with Gasteiger partial charge >= 0.3 is 29.6 Å². The van der Waals surface area contributed by atoms with Crippen LogP contribution >= 0.6 is 12.6 Å². The number of hydrogen-bond acceptors (Lipinski definition) is 2. The van der Waals surface area contributed by atoms with E-state index in [4.69, 9.17) is 5.73 Å². The summed E-state index contributed by atoms with van der Waals surface area (Å²) < 4.78 is 0. The summed E-state index contributed by atoms with van der Waals surface area (Å²) in [6, 6.07) is 15.8. The van der Waals surface area contributed by atoms with Gasteiger partial charge in [0.25, 0.3) is 0 Å². The Bertz CT molecular complexity index is 445. The largest absolute Gasteiger partial charge is 1.00 e. The van der Waals surface area contributed by atoms with Crippen LogP contribution in [0, 0.1) is 0 Å². The predicted molar refractivity (Wildman–Crippen MR) is 64.7 cm³/mol. The van der Waals surface area contributed by atoms with Gasteiger partial charge < -0.3 is 7.16 Å². The maximum Gasteiger partial charge on any atom is 1.00 e. The van der Waals surface area contributed by atoms with E-state index < -0.39 is 0 Å². The van der Waals surface area contributed by atoms with E-state index in [1.807, 2.05) is 48.5 Å². The zero-order valence-corrected chi connectivity index (χ0v) is 11.5. The van der Waals surface area contributed by atoms with Gasteiger partial charge in [0, 0.05) is 10.6 Å². The molecule has 0 aliphatic rings. The van der Waals surface area contributed by atoms with Crippen LogP contribution in [0.1, 0.15) is 1.43 Å². The van der Waals surface area contributed by atoms with Crippen LogP contribution in [0.4, 0.5) is 5.69 Å². The Morgan fingerprint density at radius 2 is 1.53 bits per heavy atom. The molecule has 0 aromatic heterocycles. The van der Waals surface area contributed by atoms with E-state index >= 15 is 0 Å². The Kier molecular flexibility index (Phi) is 4.74. The maximum atomic E-state index is 5.62.